The molecule has 0 spiro atoms. The van der Waals surface area contributed by atoms with Gasteiger partial charge in [-0.2, -0.15) is 10.4 Å². The lowest BCUT2D eigenvalue weighted by Crippen LogP contribution is -2.43. The molecule has 1 aliphatic carbocycles. The molecular weight excluding hydrogens is 250 g/mol. The molecule has 0 atom stereocenters. The zero-order chi connectivity index (χ0) is 14.1. The Bertz CT molecular complexity index is 515. The molecule has 1 saturated carbocycles. The topological polar surface area (TPSA) is 56.9 Å². The number of hydrogen-bond acceptors (Lipinski definition) is 4. The van der Waals surface area contributed by atoms with Crippen molar-refractivity contribution >= 4 is 5.82 Å². The van der Waals surface area contributed by atoms with Crippen LogP contribution in [-0.4, -0.2) is 35.5 Å². The molecule has 3 rings (SSSR count). The lowest BCUT2D eigenvalue weighted by Gasteiger charge is -2.34. The van der Waals surface area contributed by atoms with Gasteiger partial charge in [0, 0.05) is 26.2 Å². The molecule has 2 fully saturated rings. The third kappa shape index (κ3) is 2.66. The molecule has 1 N–H and O–H groups in total. The van der Waals surface area contributed by atoms with Gasteiger partial charge in [-0.3, -0.25) is 4.68 Å². The highest BCUT2D eigenvalue weighted by molar-refractivity contribution is 5.57. The molecule has 5 nitrogen and oxygen atoms in total. The van der Waals surface area contributed by atoms with Crippen molar-refractivity contribution in [1.29, 1.82) is 5.26 Å². The summed E-state index contributed by atoms with van der Waals surface area (Å²) in [6.45, 7) is 5.12. The first-order valence-electron chi connectivity index (χ1n) is 7.61. The number of nitriles is 1. The van der Waals surface area contributed by atoms with Crippen molar-refractivity contribution in [2.45, 2.75) is 38.6 Å². The van der Waals surface area contributed by atoms with Crippen LogP contribution in [0.4, 0.5) is 5.82 Å². The van der Waals surface area contributed by atoms with Crippen molar-refractivity contribution < 1.29 is 0 Å². The van der Waals surface area contributed by atoms with Crippen LogP contribution in [0.25, 0.3) is 0 Å². The van der Waals surface area contributed by atoms with Gasteiger partial charge in [-0.05, 0) is 45.1 Å². The summed E-state index contributed by atoms with van der Waals surface area (Å²) < 4.78 is 1.85. The van der Waals surface area contributed by atoms with Crippen molar-refractivity contribution in [3.05, 3.63) is 11.3 Å². The highest BCUT2D eigenvalue weighted by Gasteiger charge is 2.26. The molecule has 2 aliphatic rings. The molecule has 1 aliphatic heterocycles. The van der Waals surface area contributed by atoms with E-state index in [1.807, 2.05) is 18.7 Å². The minimum absolute atomic E-state index is 0.645. The predicted molar refractivity (Wildman–Crippen MR) is 78.6 cm³/mol. The van der Waals surface area contributed by atoms with Gasteiger partial charge in [0.1, 0.15) is 17.5 Å². The summed E-state index contributed by atoms with van der Waals surface area (Å²) in [6, 6.07) is 2.95. The lowest BCUT2D eigenvalue weighted by molar-refractivity contribution is 0.405. The summed E-state index contributed by atoms with van der Waals surface area (Å²) in [6.07, 6.45) is 5.13. The lowest BCUT2D eigenvalue weighted by atomic mass is 10.0. The van der Waals surface area contributed by atoms with Gasteiger partial charge in [0.2, 0.25) is 0 Å². The molecule has 5 heteroatoms. The molecule has 2 heterocycles. The first kappa shape index (κ1) is 13.4. The number of nitrogens with one attached hydrogen (secondary N) is 1. The predicted octanol–water partition coefficient (Wildman–Crippen LogP) is 1.57. The van der Waals surface area contributed by atoms with Crippen molar-refractivity contribution in [3.8, 4) is 6.07 Å². The van der Waals surface area contributed by atoms with Gasteiger partial charge in [-0.15, -0.1) is 0 Å². The molecule has 1 aromatic heterocycles. The Labute approximate surface area is 120 Å². The van der Waals surface area contributed by atoms with Crippen LogP contribution in [0.1, 0.15) is 36.9 Å². The summed E-state index contributed by atoms with van der Waals surface area (Å²) in [4.78, 5) is 2.31. The van der Waals surface area contributed by atoms with Gasteiger partial charge >= 0.3 is 0 Å². The van der Waals surface area contributed by atoms with E-state index in [0.717, 1.165) is 48.9 Å². The van der Waals surface area contributed by atoms with Crippen LogP contribution in [0, 0.1) is 24.2 Å². The Balaban J connectivity index is 1.61. The van der Waals surface area contributed by atoms with E-state index in [4.69, 9.17) is 0 Å². The average molecular weight is 273 g/mol. The largest absolute Gasteiger partial charge is 0.356 e. The molecule has 0 radical (unpaired) electrons. The van der Waals surface area contributed by atoms with E-state index < -0.39 is 0 Å². The van der Waals surface area contributed by atoms with Crippen LogP contribution in [0.5, 0.6) is 0 Å². The Hall–Kier alpha value is -1.54. The standard InChI is InChI=1S/C15H23N5/c1-11-14(9-16)15(19(2)18-11)20-7-5-13(6-8-20)17-10-12-3-4-12/h12-13,17H,3-8,10H2,1-2H3. The number of nitrogens with zero attached hydrogens (tertiary/aromatic N) is 4. The third-order valence-electron chi connectivity index (χ3n) is 4.49. The summed E-state index contributed by atoms with van der Waals surface area (Å²) in [7, 11) is 1.93. The van der Waals surface area contributed by atoms with Crippen molar-refractivity contribution in [2.75, 3.05) is 24.5 Å². The fourth-order valence-corrected chi connectivity index (χ4v) is 3.09. The van der Waals surface area contributed by atoms with E-state index in [2.05, 4.69) is 21.4 Å². The highest BCUT2D eigenvalue weighted by atomic mass is 15.4. The Morgan fingerprint density at radius 2 is 2.00 bits per heavy atom. The van der Waals surface area contributed by atoms with E-state index in [9.17, 15) is 5.26 Å². The number of rotatable bonds is 4. The second kappa shape index (κ2) is 5.45. The fourth-order valence-electron chi connectivity index (χ4n) is 3.09. The van der Waals surface area contributed by atoms with Crippen molar-refractivity contribution in [2.24, 2.45) is 13.0 Å². The number of piperidine rings is 1. The number of aryl methyl sites for hydroxylation is 2. The maximum absolute atomic E-state index is 9.31. The van der Waals surface area contributed by atoms with Gasteiger partial charge in [0.05, 0.1) is 5.69 Å². The zero-order valence-electron chi connectivity index (χ0n) is 12.4. The minimum atomic E-state index is 0.645. The fraction of sp³-hybridized carbons (Fsp3) is 0.733. The van der Waals surface area contributed by atoms with Gasteiger partial charge in [0.15, 0.2) is 0 Å². The Kier molecular flexibility index (Phi) is 3.66. The molecular formula is C15H23N5. The van der Waals surface area contributed by atoms with Crippen LogP contribution in [0.15, 0.2) is 0 Å². The molecule has 1 aromatic rings. The summed E-state index contributed by atoms with van der Waals surface area (Å²) >= 11 is 0. The van der Waals surface area contributed by atoms with Gasteiger partial charge < -0.3 is 10.2 Å². The SMILES string of the molecule is Cc1nn(C)c(N2CCC(NCC3CC3)CC2)c1C#N. The van der Waals surface area contributed by atoms with Gasteiger partial charge in [-0.1, -0.05) is 0 Å². The zero-order valence-corrected chi connectivity index (χ0v) is 12.4. The number of aromatic nitrogens is 2. The molecule has 0 amide bonds. The first-order chi connectivity index (χ1) is 9.69. The smallest absolute Gasteiger partial charge is 0.144 e. The Morgan fingerprint density at radius 1 is 1.30 bits per heavy atom. The number of anilines is 1. The molecule has 20 heavy (non-hydrogen) atoms. The second-order valence-electron chi connectivity index (χ2n) is 6.13. The van der Waals surface area contributed by atoms with Crippen molar-refractivity contribution in [1.82, 2.24) is 15.1 Å². The number of hydrogen-bond donors (Lipinski definition) is 1. The van der Waals surface area contributed by atoms with Crippen LogP contribution in [0.2, 0.25) is 0 Å². The Morgan fingerprint density at radius 3 is 2.60 bits per heavy atom. The summed E-state index contributed by atoms with van der Waals surface area (Å²) in [5.74, 6) is 1.93. The van der Waals surface area contributed by atoms with E-state index in [1.165, 1.54) is 19.4 Å². The minimum Gasteiger partial charge on any atom is -0.356 e. The van der Waals surface area contributed by atoms with E-state index >= 15 is 0 Å². The van der Waals surface area contributed by atoms with Crippen LogP contribution >= 0.6 is 0 Å². The summed E-state index contributed by atoms with van der Waals surface area (Å²) in [5, 5.41) is 17.4. The van der Waals surface area contributed by atoms with Gasteiger partial charge in [-0.25, -0.2) is 0 Å². The van der Waals surface area contributed by atoms with Crippen LogP contribution < -0.4 is 10.2 Å². The van der Waals surface area contributed by atoms with E-state index in [1.54, 1.807) is 0 Å². The second-order valence-corrected chi connectivity index (χ2v) is 6.13. The molecule has 0 unspecified atom stereocenters. The van der Waals surface area contributed by atoms with E-state index in [-0.39, 0.29) is 0 Å². The quantitative estimate of drug-likeness (QED) is 0.904. The third-order valence-corrected chi connectivity index (χ3v) is 4.49. The monoisotopic (exact) mass is 273 g/mol. The first-order valence-corrected chi connectivity index (χ1v) is 7.61. The average Bonchev–Trinajstić information content (AvgIpc) is 3.22. The normalized spacial score (nSPS) is 20.1. The summed E-state index contributed by atoms with van der Waals surface area (Å²) in [5.41, 5.74) is 1.57. The van der Waals surface area contributed by atoms with Crippen LogP contribution in [-0.2, 0) is 7.05 Å². The van der Waals surface area contributed by atoms with Crippen LogP contribution in [0.3, 0.4) is 0 Å². The molecule has 1 saturated heterocycles. The molecule has 0 bridgehead atoms. The maximum Gasteiger partial charge on any atom is 0.144 e. The maximum atomic E-state index is 9.31. The molecule has 0 aromatic carbocycles. The highest BCUT2D eigenvalue weighted by Crippen LogP contribution is 2.29. The van der Waals surface area contributed by atoms with Gasteiger partial charge in [0.25, 0.3) is 0 Å². The van der Waals surface area contributed by atoms with Crippen molar-refractivity contribution in [3.63, 3.8) is 0 Å². The van der Waals surface area contributed by atoms with E-state index in [0.29, 0.717) is 6.04 Å². The molecule has 108 valence electrons.